The van der Waals surface area contributed by atoms with Gasteiger partial charge in [-0.15, -0.1) is 0 Å². The summed E-state index contributed by atoms with van der Waals surface area (Å²) in [6.45, 7) is 4.13. The molecule has 18 heavy (non-hydrogen) atoms. The Bertz CT molecular complexity index is 432. The molecule has 0 aliphatic heterocycles. The molecule has 0 spiro atoms. The van der Waals surface area contributed by atoms with Crippen LogP contribution in [0.3, 0.4) is 0 Å². The van der Waals surface area contributed by atoms with Crippen LogP contribution < -0.4 is 0 Å². The second-order valence-corrected chi connectivity index (χ2v) is 6.62. The second kappa shape index (κ2) is 7.57. The third-order valence-corrected chi connectivity index (χ3v) is 4.60. The van der Waals surface area contributed by atoms with Gasteiger partial charge in [0.15, 0.2) is 9.84 Å². The Morgan fingerprint density at radius 1 is 1.00 bits per heavy atom. The topological polar surface area (TPSA) is 34.1 Å². The molecule has 0 unspecified atom stereocenters. The van der Waals surface area contributed by atoms with E-state index in [0.29, 0.717) is 11.3 Å². The van der Waals surface area contributed by atoms with Gasteiger partial charge >= 0.3 is 0 Å². The van der Waals surface area contributed by atoms with E-state index in [1.165, 1.54) is 25.0 Å². The fourth-order valence-corrected chi connectivity index (χ4v) is 3.00. The fourth-order valence-electron chi connectivity index (χ4n) is 1.81. The molecule has 1 aromatic rings. The van der Waals surface area contributed by atoms with E-state index >= 15 is 0 Å². The Hall–Kier alpha value is -0.830. The number of aryl methyl sites for hydroxylation is 1. The van der Waals surface area contributed by atoms with Crippen molar-refractivity contribution in [2.24, 2.45) is 0 Å². The van der Waals surface area contributed by atoms with Gasteiger partial charge in [0, 0.05) is 0 Å². The molecule has 1 aromatic carbocycles. The highest BCUT2D eigenvalue weighted by molar-refractivity contribution is 7.93. The zero-order chi connectivity index (χ0) is 13.4. The minimum Gasteiger partial charge on any atom is -0.223 e. The van der Waals surface area contributed by atoms with Crippen molar-refractivity contribution in [2.75, 3.05) is 0 Å². The number of hydrogen-bond acceptors (Lipinski definition) is 2. The van der Waals surface area contributed by atoms with E-state index in [2.05, 4.69) is 6.92 Å². The minimum absolute atomic E-state index is 0.404. The molecule has 0 heterocycles. The number of sulfone groups is 1. The lowest BCUT2D eigenvalue weighted by Crippen LogP contribution is -2.01. The first-order chi connectivity index (χ1) is 8.56. The van der Waals surface area contributed by atoms with Crippen LogP contribution in [0.15, 0.2) is 29.2 Å². The zero-order valence-electron chi connectivity index (χ0n) is 11.4. The van der Waals surface area contributed by atoms with Crippen molar-refractivity contribution in [3.05, 3.63) is 35.6 Å². The van der Waals surface area contributed by atoms with Gasteiger partial charge in [-0.25, -0.2) is 8.42 Å². The second-order valence-electron chi connectivity index (χ2n) is 4.73. The summed E-state index contributed by atoms with van der Waals surface area (Å²) in [5.74, 6) is 1.46. The molecular weight excluding hydrogens is 244 g/mol. The predicted molar refractivity (Wildman–Crippen MR) is 76.0 cm³/mol. The average molecular weight is 267 g/mol. The lowest BCUT2D eigenvalue weighted by molar-refractivity contribution is 0.593. The van der Waals surface area contributed by atoms with Gasteiger partial charge in [0.05, 0.1) is 10.6 Å². The molecule has 0 bridgehead atoms. The molecule has 1 radical (unpaired) electrons. The zero-order valence-corrected chi connectivity index (χ0v) is 12.2. The molecule has 0 aliphatic carbocycles. The summed E-state index contributed by atoms with van der Waals surface area (Å²) in [4.78, 5) is 0.404. The van der Waals surface area contributed by atoms with Crippen molar-refractivity contribution in [1.29, 1.82) is 0 Å². The fraction of sp³-hybridized carbons (Fsp3) is 0.533. The number of hydrogen-bond donors (Lipinski definition) is 0. The monoisotopic (exact) mass is 267 g/mol. The van der Waals surface area contributed by atoms with E-state index < -0.39 is 9.84 Å². The molecule has 0 saturated heterocycles. The molecule has 0 aromatic heterocycles. The Morgan fingerprint density at radius 3 is 2.22 bits per heavy atom. The van der Waals surface area contributed by atoms with Gasteiger partial charge in [-0.05, 0) is 25.5 Å². The van der Waals surface area contributed by atoms with Crippen molar-refractivity contribution in [2.45, 2.75) is 57.3 Å². The Labute approximate surface area is 111 Å². The molecule has 0 atom stereocenters. The molecule has 0 fully saturated rings. The van der Waals surface area contributed by atoms with Gasteiger partial charge in [0.1, 0.15) is 0 Å². The first-order valence-corrected chi connectivity index (χ1v) is 8.26. The number of unbranched alkanes of at least 4 members (excludes halogenated alkanes) is 5. The third kappa shape index (κ3) is 5.21. The summed E-state index contributed by atoms with van der Waals surface area (Å²) in [6.07, 6.45) is 6.39. The van der Waals surface area contributed by atoms with Crippen molar-refractivity contribution in [3.8, 4) is 0 Å². The lowest BCUT2D eigenvalue weighted by atomic mass is 10.1. The maximum absolute atomic E-state index is 12.0. The quantitative estimate of drug-likeness (QED) is 0.658. The molecule has 0 aliphatic rings. The Morgan fingerprint density at radius 2 is 1.61 bits per heavy atom. The SMILES string of the molecule is CCCCCCC[CH]S(=O)(=O)c1ccc(C)cc1. The van der Waals surface area contributed by atoms with Gasteiger partial charge in [-0.2, -0.15) is 0 Å². The summed E-state index contributed by atoms with van der Waals surface area (Å²) >= 11 is 0. The Kier molecular flexibility index (Phi) is 6.41. The van der Waals surface area contributed by atoms with Crippen LogP contribution in [0, 0.1) is 12.7 Å². The van der Waals surface area contributed by atoms with Crippen LogP contribution in [0.5, 0.6) is 0 Å². The van der Waals surface area contributed by atoms with Crippen LogP contribution in [-0.4, -0.2) is 8.42 Å². The van der Waals surface area contributed by atoms with E-state index in [1.807, 2.05) is 19.1 Å². The molecule has 3 heteroatoms. The van der Waals surface area contributed by atoms with Gasteiger partial charge < -0.3 is 0 Å². The summed E-state index contributed by atoms with van der Waals surface area (Å²) in [6, 6.07) is 7.03. The van der Waals surface area contributed by atoms with Gasteiger partial charge in [-0.3, -0.25) is 0 Å². The minimum atomic E-state index is -3.19. The summed E-state index contributed by atoms with van der Waals surface area (Å²) < 4.78 is 24.0. The lowest BCUT2D eigenvalue weighted by Gasteiger charge is -2.04. The number of rotatable bonds is 8. The highest BCUT2D eigenvalue weighted by atomic mass is 32.2. The van der Waals surface area contributed by atoms with Crippen LogP contribution in [-0.2, 0) is 9.84 Å². The highest BCUT2D eigenvalue weighted by Gasteiger charge is 2.13. The number of benzene rings is 1. The van der Waals surface area contributed by atoms with Crippen LogP contribution in [0.4, 0.5) is 0 Å². The van der Waals surface area contributed by atoms with E-state index in [9.17, 15) is 8.42 Å². The Balaban J connectivity index is 2.38. The molecular formula is C15H23O2S. The van der Waals surface area contributed by atoms with Crippen molar-refractivity contribution < 1.29 is 8.42 Å². The molecule has 101 valence electrons. The van der Waals surface area contributed by atoms with E-state index in [0.717, 1.165) is 18.4 Å². The molecule has 0 saturated carbocycles. The first kappa shape index (κ1) is 15.2. The third-order valence-electron chi connectivity index (χ3n) is 2.99. The maximum atomic E-state index is 12.0. The summed E-state index contributed by atoms with van der Waals surface area (Å²) in [7, 11) is -3.19. The van der Waals surface area contributed by atoms with Crippen LogP contribution in [0.25, 0.3) is 0 Å². The molecule has 1 rings (SSSR count). The smallest absolute Gasteiger partial charge is 0.182 e. The van der Waals surface area contributed by atoms with E-state index in [4.69, 9.17) is 0 Å². The standard InChI is InChI=1S/C15H23O2S/c1-3-4-5-6-7-8-13-18(16,17)15-11-9-14(2)10-12-15/h9-13H,3-8H2,1-2H3. The molecule has 0 amide bonds. The normalized spacial score (nSPS) is 11.7. The molecule has 0 N–H and O–H groups in total. The van der Waals surface area contributed by atoms with Crippen LogP contribution in [0.2, 0.25) is 0 Å². The van der Waals surface area contributed by atoms with E-state index in [-0.39, 0.29) is 0 Å². The van der Waals surface area contributed by atoms with Crippen molar-refractivity contribution >= 4 is 9.84 Å². The van der Waals surface area contributed by atoms with Gasteiger partial charge in [-0.1, -0.05) is 56.7 Å². The largest absolute Gasteiger partial charge is 0.223 e. The highest BCUT2D eigenvalue weighted by Crippen LogP contribution is 2.17. The first-order valence-electron chi connectivity index (χ1n) is 6.71. The maximum Gasteiger partial charge on any atom is 0.182 e. The van der Waals surface area contributed by atoms with Crippen molar-refractivity contribution in [3.63, 3.8) is 0 Å². The summed E-state index contributed by atoms with van der Waals surface area (Å²) in [5, 5.41) is 0. The van der Waals surface area contributed by atoms with E-state index in [1.54, 1.807) is 12.1 Å². The van der Waals surface area contributed by atoms with Crippen LogP contribution in [0.1, 0.15) is 51.0 Å². The average Bonchev–Trinajstić information content (AvgIpc) is 2.34. The van der Waals surface area contributed by atoms with Crippen molar-refractivity contribution in [1.82, 2.24) is 0 Å². The van der Waals surface area contributed by atoms with Gasteiger partial charge in [0.2, 0.25) is 0 Å². The molecule has 2 nitrogen and oxygen atoms in total. The van der Waals surface area contributed by atoms with Crippen LogP contribution >= 0.6 is 0 Å². The van der Waals surface area contributed by atoms with Gasteiger partial charge in [0.25, 0.3) is 0 Å². The predicted octanol–water partition coefficient (Wildman–Crippen LogP) is 4.29. The summed E-state index contributed by atoms with van der Waals surface area (Å²) in [5.41, 5.74) is 1.08.